The molecule has 0 spiro atoms. The van der Waals surface area contributed by atoms with Crippen molar-refractivity contribution in [1.82, 2.24) is 9.88 Å². The van der Waals surface area contributed by atoms with Gasteiger partial charge < -0.3 is 9.47 Å². The van der Waals surface area contributed by atoms with Gasteiger partial charge in [0.05, 0.1) is 7.11 Å². The highest BCUT2D eigenvalue weighted by molar-refractivity contribution is 5.33. The molecular weight excluding hydrogens is 312 g/mol. The number of aryl methyl sites for hydroxylation is 1. The second-order valence-corrected chi connectivity index (χ2v) is 7.26. The molecule has 1 aromatic heterocycles. The summed E-state index contributed by atoms with van der Waals surface area (Å²) in [5.41, 5.74) is 2.66. The minimum atomic E-state index is 0.498. The van der Waals surface area contributed by atoms with Gasteiger partial charge in [-0.2, -0.15) is 0 Å². The van der Waals surface area contributed by atoms with E-state index in [1.54, 1.807) is 7.11 Å². The smallest absolute Gasteiger partial charge is 0.123 e. The molecule has 4 nitrogen and oxygen atoms in total. The van der Waals surface area contributed by atoms with Crippen LogP contribution < -0.4 is 9.47 Å². The number of hydrogen-bond donors (Lipinski definition) is 0. The van der Waals surface area contributed by atoms with E-state index in [0.717, 1.165) is 30.6 Å². The van der Waals surface area contributed by atoms with Crippen molar-refractivity contribution in [1.29, 1.82) is 0 Å². The summed E-state index contributed by atoms with van der Waals surface area (Å²) < 4.78 is 11.4. The number of pyridine rings is 1. The summed E-state index contributed by atoms with van der Waals surface area (Å²) in [5, 5.41) is 0. The van der Waals surface area contributed by atoms with Crippen LogP contribution in [0.5, 0.6) is 11.5 Å². The lowest BCUT2D eigenvalue weighted by Crippen LogP contribution is -2.43. The van der Waals surface area contributed by atoms with Gasteiger partial charge in [0.25, 0.3) is 0 Å². The largest absolute Gasteiger partial charge is 0.497 e. The Morgan fingerprint density at radius 3 is 2.92 bits per heavy atom. The molecule has 4 heteroatoms. The third kappa shape index (κ3) is 3.36. The van der Waals surface area contributed by atoms with Crippen LogP contribution in [-0.4, -0.2) is 35.7 Å². The summed E-state index contributed by atoms with van der Waals surface area (Å²) in [4.78, 5) is 6.89. The summed E-state index contributed by atoms with van der Waals surface area (Å²) in [6.45, 7) is 3.90. The molecule has 1 aromatic carbocycles. The fourth-order valence-electron chi connectivity index (χ4n) is 4.41. The number of methoxy groups -OCH3 is 1. The van der Waals surface area contributed by atoms with Gasteiger partial charge in [-0.15, -0.1) is 0 Å². The fourth-order valence-corrected chi connectivity index (χ4v) is 4.41. The van der Waals surface area contributed by atoms with Crippen molar-refractivity contribution in [3.63, 3.8) is 0 Å². The topological polar surface area (TPSA) is 34.6 Å². The summed E-state index contributed by atoms with van der Waals surface area (Å²) in [6, 6.07) is 11.3. The molecule has 2 bridgehead atoms. The van der Waals surface area contributed by atoms with Crippen LogP contribution in [0.25, 0.3) is 0 Å². The first-order chi connectivity index (χ1) is 12.2. The molecule has 2 aromatic rings. The molecule has 25 heavy (non-hydrogen) atoms. The average Bonchev–Trinajstić information content (AvgIpc) is 3.24. The van der Waals surface area contributed by atoms with E-state index in [1.807, 2.05) is 36.7 Å². The first kappa shape index (κ1) is 16.4. The number of nitrogens with zero attached hydrogens (tertiary/aromatic N) is 2. The lowest BCUT2D eigenvalue weighted by Gasteiger charge is -2.35. The second kappa shape index (κ2) is 7.04. The van der Waals surface area contributed by atoms with Gasteiger partial charge in [-0.25, -0.2) is 0 Å². The van der Waals surface area contributed by atoms with Crippen molar-refractivity contribution in [3.05, 3.63) is 53.9 Å². The van der Waals surface area contributed by atoms with Gasteiger partial charge in [-0.3, -0.25) is 9.88 Å². The Labute approximate surface area is 149 Å². The number of aromatic nitrogens is 1. The van der Waals surface area contributed by atoms with Gasteiger partial charge in [0.15, 0.2) is 0 Å². The highest BCUT2D eigenvalue weighted by atomic mass is 16.5. The maximum Gasteiger partial charge on any atom is 0.123 e. The van der Waals surface area contributed by atoms with Crippen LogP contribution in [0.3, 0.4) is 0 Å². The van der Waals surface area contributed by atoms with E-state index in [2.05, 4.69) is 22.9 Å². The summed E-state index contributed by atoms with van der Waals surface area (Å²) >= 11 is 0. The van der Waals surface area contributed by atoms with Gasteiger partial charge in [0, 0.05) is 37.1 Å². The molecule has 1 aliphatic heterocycles. The third-order valence-corrected chi connectivity index (χ3v) is 5.84. The van der Waals surface area contributed by atoms with Gasteiger partial charge in [-0.05, 0) is 61.4 Å². The van der Waals surface area contributed by atoms with E-state index in [-0.39, 0.29) is 0 Å². The van der Waals surface area contributed by atoms with Crippen LogP contribution in [0.15, 0.2) is 42.7 Å². The van der Waals surface area contributed by atoms with Crippen molar-refractivity contribution in [2.24, 2.45) is 5.92 Å². The monoisotopic (exact) mass is 338 g/mol. The summed E-state index contributed by atoms with van der Waals surface area (Å²) in [5.74, 6) is 2.50. The Bertz CT molecular complexity index is 733. The van der Waals surface area contributed by atoms with Crippen LogP contribution in [0.4, 0.5) is 0 Å². The molecule has 0 radical (unpaired) electrons. The molecule has 0 amide bonds. The molecule has 2 heterocycles. The lowest BCUT2D eigenvalue weighted by atomic mass is 9.98. The Balaban J connectivity index is 1.46. The molecule has 1 saturated carbocycles. The van der Waals surface area contributed by atoms with Crippen LogP contribution in [0.2, 0.25) is 0 Å². The first-order valence-electron chi connectivity index (χ1n) is 9.16. The van der Waals surface area contributed by atoms with Crippen LogP contribution in [0.1, 0.15) is 30.4 Å². The standard InChI is InChI=1S/C21H26N2O2/c1-15-12-22-9-8-17(15)13-23-18-7-6-16(10-18)21(23)14-25-20-5-3-4-19(11-20)24-2/h3-5,8-9,11-12,16,18,21H,6-7,10,13-14H2,1-2H3/t16?,18?,21-/m0/s1. The van der Waals surface area contributed by atoms with Gasteiger partial charge in [0.1, 0.15) is 18.1 Å². The summed E-state index contributed by atoms with van der Waals surface area (Å²) in [7, 11) is 1.69. The van der Waals surface area contributed by atoms with Gasteiger partial charge in [-0.1, -0.05) is 6.07 Å². The van der Waals surface area contributed by atoms with Crippen molar-refractivity contribution >= 4 is 0 Å². The molecule has 4 rings (SSSR count). The summed E-state index contributed by atoms with van der Waals surface area (Å²) in [6.07, 6.45) is 7.84. The third-order valence-electron chi connectivity index (χ3n) is 5.84. The SMILES string of the molecule is COc1cccc(OC[C@H]2C3CCC(C3)N2Cc2ccncc2C)c1. The van der Waals surface area contributed by atoms with Crippen LogP contribution in [-0.2, 0) is 6.54 Å². The predicted octanol–water partition coefficient (Wildman–Crippen LogP) is 3.83. The molecule has 2 unspecified atom stereocenters. The van der Waals surface area contributed by atoms with Crippen molar-refractivity contribution in [2.75, 3.05) is 13.7 Å². The number of ether oxygens (including phenoxy) is 2. The second-order valence-electron chi connectivity index (χ2n) is 7.26. The number of likely N-dealkylation sites (tertiary alicyclic amines) is 1. The zero-order valence-electron chi connectivity index (χ0n) is 15.0. The maximum atomic E-state index is 6.15. The highest BCUT2D eigenvalue weighted by Crippen LogP contribution is 2.43. The average molecular weight is 338 g/mol. The lowest BCUT2D eigenvalue weighted by molar-refractivity contribution is 0.0865. The first-order valence-corrected chi connectivity index (χ1v) is 9.16. The predicted molar refractivity (Wildman–Crippen MR) is 97.9 cm³/mol. The Morgan fingerprint density at radius 1 is 1.20 bits per heavy atom. The normalized spacial score (nSPS) is 25.3. The quantitative estimate of drug-likeness (QED) is 0.802. The van der Waals surface area contributed by atoms with E-state index in [0.29, 0.717) is 12.1 Å². The minimum absolute atomic E-state index is 0.498. The van der Waals surface area contributed by atoms with E-state index in [9.17, 15) is 0 Å². The van der Waals surface area contributed by atoms with Crippen LogP contribution >= 0.6 is 0 Å². The maximum absolute atomic E-state index is 6.15. The molecule has 1 aliphatic carbocycles. The van der Waals surface area contributed by atoms with Crippen molar-refractivity contribution in [2.45, 2.75) is 44.8 Å². The van der Waals surface area contributed by atoms with Crippen LogP contribution in [0, 0.1) is 12.8 Å². The molecule has 0 N–H and O–H groups in total. The molecule has 132 valence electrons. The Hall–Kier alpha value is -2.07. The van der Waals surface area contributed by atoms with E-state index in [1.165, 1.54) is 30.4 Å². The van der Waals surface area contributed by atoms with Crippen molar-refractivity contribution < 1.29 is 9.47 Å². The molecule has 2 fully saturated rings. The highest BCUT2D eigenvalue weighted by Gasteiger charge is 2.45. The van der Waals surface area contributed by atoms with E-state index in [4.69, 9.17) is 9.47 Å². The van der Waals surface area contributed by atoms with Crippen molar-refractivity contribution in [3.8, 4) is 11.5 Å². The number of fused-ring (bicyclic) bond motifs is 2. The number of piperidine rings is 1. The Kier molecular flexibility index (Phi) is 4.62. The van der Waals surface area contributed by atoms with E-state index < -0.39 is 0 Å². The number of hydrogen-bond acceptors (Lipinski definition) is 4. The van der Waals surface area contributed by atoms with Gasteiger partial charge in [0.2, 0.25) is 0 Å². The zero-order valence-corrected chi connectivity index (χ0v) is 15.0. The number of rotatable bonds is 6. The van der Waals surface area contributed by atoms with E-state index >= 15 is 0 Å². The van der Waals surface area contributed by atoms with Gasteiger partial charge >= 0.3 is 0 Å². The Morgan fingerprint density at radius 2 is 2.08 bits per heavy atom. The molecular formula is C21H26N2O2. The molecule has 2 aliphatic rings. The zero-order chi connectivity index (χ0) is 17.2. The molecule has 1 saturated heterocycles. The fraction of sp³-hybridized carbons (Fsp3) is 0.476. The number of benzene rings is 1. The minimum Gasteiger partial charge on any atom is -0.497 e. The molecule has 3 atom stereocenters.